The summed E-state index contributed by atoms with van der Waals surface area (Å²) >= 11 is 0. The molecule has 4 aromatic rings. The van der Waals surface area contributed by atoms with E-state index < -0.39 is 27.2 Å². The lowest BCUT2D eigenvalue weighted by atomic mass is 10.1. The number of aliphatic imine (C=N–C) groups is 1. The molecular weight excluding hydrogens is 482 g/mol. The van der Waals surface area contributed by atoms with Crippen molar-refractivity contribution in [3.8, 4) is 11.4 Å². The van der Waals surface area contributed by atoms with Crippen LogP contribution in [0.2, 0.25) is 0 Å². The summed E-state index contributed by atoms with van der Waals surface area (Å²) < 4.78 is 8.47. The summed E-state index contributed by atoms with van der Waals surface area (Å²) in [6.45, 7) is 1.77. The Hall–Kier alpha value is -5.39. The lowest BCUT2D eigenvalue weighted by molar-refractivity contribution is -0.394. The summed E-state index contributed by atoms with van der Waals surface area (Å²) in [4.78, 5) is 50.4. The number of nitrogens with zero attached hydrogens (tertiary/aromatic N) is 5. The first-order valence-corrected chi connectivity index (χ1v) is 10.8. The minimum absolute atomic E-state index is 0.0783. The number of benzene rings is 3. The normalized spacial score (nSPS) is 11.0. The van der Waals surface area contributed by atoms with Crippen molar-refractivity contribution < 1.29 is 19.4 Å². The molecule has 0 amide bonds. The first kappa shape index (κ1) is 24.7. The minimum Gasteiger partial charge on any atom is -0.423 e. The summed E-state index contributed by atoms with van der Waals surface area (Å²) in [6, 6.07) is 17.9. The number of ether oxygens (including phenoxy) is 1. The zero-order chi connectivity index (χ0) is 26.7. The van der Waals surface area contributed by atoms with Crippen molar-refractivity contribution in [2.75, 3.05) is 0 Å². The molecule has 0 saturated heterocycles. The monoisotopic (exact) mass is 501 g/mol. The van der Waals surface area contributed by atoms with Crippen LogP contribution in [0.1, 0.15) is 21.6 Å². The molecule has 0 spiro atoms. The number of hydrogen-bond donors (Lipinski definition) is 0. The molecule has 0 aliphatic heterocycles. The predicted molar refractivity (Wildman–Crippen MR) is 134 cm³/mol. The molecule has 37 heavy (non-hydrogen) atoms. The quantitative estimate of drug-likeness (QED) is 0.120. The van der Waals surface area contributed by atoms with Gasteiger partial charge in [-0.25, -0.2) is 14.5 Å². The van der Waals surface area contributed by atoms with Gasteiger partial charge in [0.1, 0.15) is 5.75 Å². The van der Waals surface area contributed by atoms with Crippen molar-refractivity contribution in [1.82, 2.24) is 9.36 Å². The molecule has 186 valence electrons. The van der Waals surface area contributed by atoms with E-state index in [9.17, 15) is 29.8 Å². The fraction of sp³-hybridized carbons (Fsp3) is 0.0800. The van der Waals surface area contributed by atoms with E-state index in [4.69, 9.17) is 4.74 Å². The van der Waals surface area contributed by atoms with E-state index in [0.29, 0.717) is 16.9 Å². The first-order valence-electron chi connectivity index (χ1n) is 10.8. The number of rotatable bonds is 7. The Labute approximate surface area is 209 Å². The highest BCUT2D eigenvalue weighted by molar-refractivity contribution is 5.93. The third-order valence-corrected chi connectivity index (χ3v) is 5.50. The fourth-order valence-electron chi connectivity index (χ4n) is 3.59. The maximum Gasteiger partial charge on any atom is 0.344 e. The van der Waals surface area contributed by atoms with Gasteiger partial charge in [-0.1, -0.05) is 30.3 Å². The molecule has 0 aliphatic carbocycles. The van der Waals surface area contributed by atoms with E-state index in [0.717, 1.165) is 18.2 Å². The van der Waals surface area contributed by atoms with Crippen LogP contribution in [0.5, 0.6) is 5.75 Å². The van der Waals surface area contributed by atoms with Gasteiger partial charge >= 0.3 is 5.97 Å². The molecule has 0 radical (unpaired) electrons. The van der Waals surface area contributed by atoms with Crippen molar-refractivity contribution in [1.29, 1.82) is 0 Å². The highest BCUT2D eigenvalue weighted by Gasteiger charge is 2.21. The van der Waals surface area contributed by atoms with Crippen LogP contribution in [0.3, 0.4) is 0 Å². The van der Waals surface area contributed by atoms with Gasteiger partial charge in [0.05, 0.1) is 32.9 Å². The Morgan fingerprint density at radius 2 is 1.59 bits per heavy atom. The van der Waals surface area contributed by atoms with Gasteiger partial charge in [0.15, 0.2) is 5.69 Å². The fourth-order valence-corrected chi connectivity index (χ4v) is 3.59. The van der Waals surface area contributed by atoms with Gasteiger partial charge in [0.25, 0.3) is 16.9 Å². The van der Waals surface area contributed by atoms with Crippen LogP contribution in [0.4, 0.5) is 17.1 Å². The first-order chi connectivity index (χ1) is 17.7. The minimum atomic E-state index is -1.01. The number of carbonyl (C=O) groups is 1. The number of esters is 1. The number of non-ortho nitro benzene ring substituents is 2. The molecule has 0 aliphatic rings. The van der Waals surface area contributed by atoms with Crippen molar-refractivity contribution in [3.05, 3.63) is 120 Å². The Morgan fingerprint density at radius 1 is 0.946 bits per heavy atom. The summed E-state index contributed by atoms with van der Waals surface area (Å²) in [7, 11) is 1.75. The Balaban J connectivity index is 1.59. The highest BCUT2D eigenvalue weighted by atomic mass is 16.6. The molecule has 0 saturated carbocycles. The van der Waals surface area contributed by atoms with Crippen LogP contribution < -0.4 is 10.3 Å². The number of nitro benzene ring substituents is 2. The molecule has 3 aromatic carbocycles. The molecule has 4 rings (SSSR count). The standard InChI is InChI=1S/C25H19N5O7/c1-16-23(24(31)28(27(16)2)19-8-4-3-5-9-19)26-15-17-7-6-10-22(11-17)37-25(32)18-12-20(29(33)34)14-21(13-18)30(35)36/h3-15H,1-2H3. The highest BCUT2D eigenvalue weighted by Crippen LogP contribution is 2.24. The van der Waals surface area contributed by atoms with Gasteiger partial charge in [0, 0.05) is 25.4 Å². The molecule has 0 unspecified atom stereocenters. The Kier molecular flexibility index (Phi) is 6.73. The molecule has 1 heterocycles. The van der Waals surface area contributed by atoms with Crippen LogP contribution in [0, 0.1) is 27.2 Å². The zero-order valence-electron chi connectivity index (χ0n) is 19.6. The van der Waals surface area contributed by atoms with Crippen LogP contribution >= 0.6 is 0 Å². The Morgan fingerprint density at radius 3 is 2.22 bits per heavy atom. The molecule has 0 fully saturated rings. The van der Waals surface area contributed by atoms with Gasteiger partial charge in [0.2, 0.25) is 0 Å². The second kappa shape index (κ2) is 10.1. The van der Waals surface area contributed by atoms with Crippen LogP contribution in [0.25, 0.3) is 5.69 Å². The number of hydrogen-bond acceptors (Lipinski definition) is 8. The van der Waals surface area contributed by atoms with E-state index in [1.54, 1.807) is 30.8 Å². The molecule has 12 heteroatoms. The van der Waals surface area contributed by atoms with Crippen LogP contribution in [-0.2, 0) is 7.05 Å². The Bertz CT molecular complexity index is 1590. The average molecular weight is 501 g/mol. The molecule has 1 aromatic heterocycles. The van der Waals surface area contributed by atoms with Crippen LogP contribution in [0.15, 0.2) is 82.6 Å². The summed E-state index contributed by atoms with van der Waals surface area (Å²) in [5, 5.41) is 22.2. The summed E-state index contributed by atoms with van der Waals surface area (Å²) in [5.74, 6) is -0.930. The SMILES string of the molecule is Cc1c(N=Cc2cccc(OC(=O)c3cc([N+](=O)[O-])cc([N+](=O)[O-])c3)c2)c(=O)n(-c2ccccc2)n1C. The van der Waals surface area contributed by atoms with Gasteiger partial charge in [-0.15, -0.1) is 0 Å². The second-order valence-electron chi connectivity index (χ2n) is 7.88. The molecule has 0 N–H and O–H groups in total. The van der Waals surface area contributed by atoms with E-state index in [1.807, 2.05) is 30.3 Å². The molecule has 12 nitrogen and oxygen atoms in total. The van der Waals surface area contributed by atoms with Gasteiger partial charge in [-0.3, -0.25) is 29.7 Å². The van der Waals surface area contributed by atoms with Crippen molar-refractivity contribution in [2.45, 2.75) is 6.92 Å². The molecule has 0 bridgehead atoms. The lowest BCUT2D eigenvalue weighted by Crippen LogP contribution is -2.19. The predicted octanol–water partition coefficient (Wildman–Crippen LogP) is 4.27. The largest absolute Gasteiger partial charge is 0.423 e. The second-order valence-corrected chi connectivity index (χ2v) is 7.88. The number of aromatic nitrogens is 2. The number of carbonyl (C=O) groups excluding carboxylic acids is 1. The third kappa shape index (κ3) is 5.17. The summed E-state index contributed by atoms with van der Waals surface area (Å²) in [6.07, 6.45) is 1.44. The number of nitro groups is 2. The zero-order valence-corrected chi connectivity index (χ0v) is 19.6. The summed E-state index contributed by atoms with van der Waals surface area (Å²) in [5.41, 5.74) is 0.193. The topological polar surface area (TPSA) is 152 Å². The van der Waals surface area contributed by atoms with Gasteiger partial charge in [-0.05, 0) is 36.8 Å². The van der Waals surface area contributed by atoms with E-state index in [1.165, 1.54) is 23.0 Å². The maximum absolute atomic E-state index is 13.0. The van der Waals surface area contributed by atoms with Crippen molar-refractivity contribution in [2.24, 2.45) is 12.0 Å². The van der Waals surface area contributed by atoms with Gasteiger partial charge < -0.3 is 4.74 Å². The number of para-hydroxylation sites is 1. The van der Waals surface area contributed by atoms with Crippen molar-refractivity contribution >= 4 is 29.2 Å². The maximum atomic E-state index is 13.0. The van der Waals surface area contributed by atoms with Crippen molar-refractivity contribution in [3.63, 3.8) is 0 Å². The van der Waals surface area contributed by atoms with E-state index >= 15 is 0 Å². The third-order valence-electron chi connectivity index (χ3n) is 5.50. The van der Waals surface area contributed by atoms with Crippen LogP contribution in [-0.4, -0.2) is 31.4 Å². The van der Waals surface area contributed by atoms with E-state index in [2.05, 4.69) is 4.99 Å². The molecular formula is C25H19N5O7. The van der Waals surface area contributed by atoms with E-state index in [-0.39, 0.29) is 22.6 Å². The smallest absolute Gasteiger partial charge is 0.344 e. The lowest BCUT2D eigenvalue weighted by Gasteiger charge is -2.07. The van der Waals surface area contributed by atoms with Gasteiger partial charge in [-0.2, -0.15) is 0 Å². The molecule has 0 atom stereocenters. The average Bonchev–Trinajstić information content (AvgIpc) is 3.10.